The van der Waals surface area contributed by atoms with Crippen LogP contribution in [0.5, 0.6) is 0 Å². The first-order valence-corrected chi connectivity index (χ1v) is 6.65. The molecule has 1 aliphatic carbocycles. The van der Waals surface area contributed by atoms with Crippen molar-refractivity contribution in [3.8, 4) is 0 Å². The Hall–Kier alpha value is -2.42. The summed E-state index contributed by atoms with van der Waals surface area (Å²) in [6, 6.07) is 0.304. The first-order valence-electron chi connectivity index (χ1n) is 6.65. The van der Waals surface area contributed by atoms with E-state index in [-0.39, 0.29) is 25.5 Å². The minimum absolute atomic E-state index is 0.103. The second-order valence-corrected chi connectivity index (χ2v) is 4.80. The number of hydrogen-bond acceptors (Lipinski definition) is 5. The molecule has 1 aromatic heterocycles. The quantitative estimate of drug-likeness (QED) is 0.470. The predicted molar refractivity (Wildman–Crippen MR) is 74.1 cm³/mol. The molecule has 0 atom stereocenters. The van der Waals surface area contributed by atoms with Crippen LogP contribution in [-0.4, -0.2) is 46.6 Å². The van der Waals surface area contributed by atoms with Gasteiger partial charge in [0.25, 0.3) is 0 Å². The second-order valence-electron chi connectivity index (χ2n) is 4.80. The molecule has 0 unspecified atom stereocenters. The molecule has 114 valence electrons. The van der Waals surface area contributed by atoms with E-state index < -0.39 is 11.8 Å². The van der Waals surface area contributed by atoms with Crippen LogP contribution in [0.25, 0.3) is 0 Å². The number of rotatable bonds is 7. The van der Waals surface area contributed by atoms with Crippen molar-refractivity contribution in [2.45, 2.75) is 25.4 Å². The molecule has 3 amide bonds. The van der Waals surface area contributed by atoms with Crippen molar-refractivity contribution in [2.75, 3.05) is 18.4 Å². The summed E-state index contributed by atoms with van der Waals surface area (Å²) < 4.78 is 1.44. The van der Waals surface area contributed by atoms with Crippen molar-refractivity contribution < 1.29 is 14.4 Å². The maximum atomic E-state index is 11.6. The average molecular weight is 294 g/mol. The predicted octanol–water partition coefficient (Wildman–Crippen LogP) is -1.82. The van der Waals surface area contributed by atoms with Crippen molar-refractivity contribution in [1.82, 2.24) is 20.4 Å². The number of carbonyl (C=O) groups is 3. The molecule has 0 aromatic carbocycles. The van der Waals surface area contributed by atoms with Gasteiger partial charge in [-0.2, -0.15) is 5.10 Å². The molecule has 1 saturated carbocycles. The molecule has 1 aliphatic rings. The van der Waals surface area contributed by atoms with Crippen molar-refractivity contribution in [1.29, 1.82) is 0 Å². The van der Waals surface area contributed by atoms with E-state index in [1.165, 1.54) is 10.9 Å². The van der Waals surface area contributed by atoms with Crippen LogP contribution in [0.4, 0.5) is 5.69 Å². The number of nitrogens with zero attached hydrogens (tertiary/aromatic N) is 2. The molecule has 0 saturated heterocycles. The van der Waals surface area contributed by atoms with E-state index in [1.807, 2.05) is 0 Å². The molecule has 1 fully saturated rings. The minimum atomic E-state index is -0.405. The first-order chi connectivity index (χ1) is 10.1. The summed E-state index contributed by atoms with van der Waals surface area (Å²) in [6.07, 6.45) is 5.05. The largest absolute Gasteiger partial charge is 0.352 e. The molecule has 0 aliphatic heterocycles. The van der Waals surface area contributed by atoms with Crippen molar-refractivity contribution in [3.05, 3.63) is 12.4 Å². The van der Waals surface area contributed by atoms with E-state index in [0.717, 1.165) is 12.8 Å². The third-order valence-corrected chi connectivity index (χ3v) is 2.80. The first kappa shape index (κ1) is 15.0. The fourth-order valence-corrected chi connectivity index (χ4v) is 1.62. The van der Waals surface area contributed by atoms with E-state index in [9.17, 15) is 14.4 Å². The van der Waals surface area contributed by atoms with Crippen molar-refractivity contribution in [3.63, 3.8) is 0 Å². The number of carbonyl (C=O) groups excluding carboxylic acids is 3. The number of aromatic nitrogens is 2. The van der Waals surface area contributed by atoms with Gasteiger partial charge in [0.2, 0.25) is 17.7 Å². The lowest BCUT2D eigenvalue weighted by Crippen LogP contribution is -2.36. The van der Waals surface area contributed by atoms with Gasteiger partial charge in [-0.15, -0.1) is 0 Å². The Morgan fingerprint density at radius 1 is 1.29 bits per heavy atom. The van der Waals surface area contributed by atoms with Gasteiger partial charge in [-0.05, 0) is 12.8 Å². The fourth-order valence-electron chi connectivity index (χ4n) is 1.62. The lowest BCUT2D eigenvalue weighted by molar-refractivity contribution is -0.123. The zero-order chi connectivity index (χ0) is 15.2. The van der Waals surface area contributed by atoms with Gasteiger partial charge in [0.05, 0.1) is 25.0 Å². The Morgan fingerprint density at radius 2 is 2.05 bits per heavy atom. The van der Waals surface area contributed by atoms with Gasteiger partial charge in [-0.1, -0.05) is 0 Å². The Morgan fingerprint density at radius 3 is 2.71 bits per heavy atom. The zero-order valence-corrected chi connectivity index (χ0v) is 11.5. The highest BCUT2D eigenvalue weighted by molar-refractivity contribution is 5.94. The minimum Gasteiger partial charge on any atom is -0.352 e. The number of amides is 3. The van der Waals surface area contributed by atoms with E-state index in [4.69, 9.17) is 5.73 Å². The van der Waals surface area contributed by atoms with Gasteiger partial charge < -0.3 is 21.7 Å². The van der Waals surface area contributed by atoms with E-state index in [2.05, 4.69) is 21.0 Å². The van der Waals surface area contributed by atoms with Crippen LogP contribution in [0, 0.1) is 0 Å². The molecule has 21 heavy (non-hydrogen) atoms. The average Bonchev–Trinajstić information content (AvgIpc) is 3.15. The molecule has 5 N–H and O–H groups in total. The number of nitrogens with two attached hydrogens (primary N) is 1. The maximum absolute atomic E-state index is 11.6. The van der Waals surface area contributed by atoms with Gasteiger partial charge >= 0.3 is 0 Å². The van der Waals surface area contributed by atoms with Crippen LogP contribution in [0.2, 0.25) is 0 Å². The SMILES string of the molecule is NCC(=O)NCC(=O)Nc1cnn(CC(=O)NC2CC2)c1. The van der Waals surface area contributed by atoms with E-state index in [0.29, 0.717) is 11.7 Å². The summed E-state index contributed by atoms with van der Waals surface area (Å²) >= 11 is 0. The molecule has 0 radical (unpaired) electrons. The monoisotopic (exact) mass is 294 g/mol. The van der Waals surface area contributed by atoms with E-state index >= 15 is 0 Å². The molecule has 1 aromatic rings. The standard InChI is InChI=1S/C12H18N6O3/c13-3-10(19)14-5-11(20)17-9-4-15-18(6-9)7-12(21)16-8-1-2-8/h4,6,8H,1-3,5,7,13H2,(H,14,19)(H,16,21)(H,17,20). The number of hydrogen-bond donors (Lipinski definition) is 4. The molecule has 9 nitrogen and oxygen atoms in total. The maximum Gasteiger partial charge on any atom is 0.243 e. The van der Waals surface area contributed by atoms with Crippen molar-refractivity contribution >= 4 is 23.4 Å². The van der Waals surface area contributed by atoms with Crippen LogP contribution < -0.4 is 21.7 Å². The third kappa shape index (κ3) is 5.22. The number of anilines is 1. The van der Waals surface area contributed by atoms with Crippen LogP contribution in [0.3, 0.4) is 0 Å². The third-order valence-electron chi connectivity index (χ3n) is 2.80. The Labute approximate surface area is 121 Å². The smallest absolute Gasteiger partial charge is 0.243 e. The molecule has 9 heteroatoms. The molecule has 1 heterocycles. The molecular formula is C12H18N6O3. The van der Waals surface area contributed by atoms with Gasteiger partial charge in [0.15, 0.2) is 0 Å². The summed E-state index contributed by atoms with van der Waals surface area (Å²) in [5.74, 6) is -0.898. The molecular weight excluding hydrogens is 276 g/mol. The molecule has 0 spiro atoms. The van der Waals surface area contributed by atoms with E-state index in [1.54, 1.807) is 6.20 Å². The summed E-state index contributed by atoms with van der Waals surface area (Å²) in [6.45, 7) is -0.221. The highest BCUT2D eigenvalue weighted by Gasteiger charge is 2.23. The van der Waals surface area contributed by atoms with Crippen LogP contribution >= 0.6 is 0 Å². The molecule has 2 rings (SSSR count). The Kier molecular flexibility index (Phi) is 4.88. The summed E-state index contributed by atoms with van der Waals surface area (Å²) in [7, 11) is 0. The van der Waals surface area contributed by atoms with Crippen LogP contribution in [0.15, 0.2) is 12.4 Å². The lowest BCUT2D eigenvalue weighted by Gasteiger charge is -2.04. The highest BCUT2D eigenvalue weighted by Crippen LogP contribution is 2.18. The second kappa shape index (κ2) is 6.84. The summed E-state index contributed by atoms with van der Waals surface area (Å²) in [5, 5.41) is 11.7. The van der Waals surface area contributed by atoms with Gasteiger partial charge in [0.1, 0.15) is 6.54 Å². The normalized spacial score (nSPS) is 13.6. The van der Waals surface area contributed by atoms with Gasteiger partial charge in [-0.25, -0.2) is 0 Å². The zero-order valence-electron chi connectivity index (χ0n) is 11.5. The Bertz CT molecular complexity index is 537. The Balaban J connectivity index is 1.75. The highest BCUT2D eigenvalue weighted by atomic mass is 16.2. The van der Waals surface area contributed by atoms with Crippen LogP contribution in [-0.2, 0) is 20.9 Å². The molecule has 0 bridgehead atoms. The van der Waals surface area contributed by atoms with Crippen molar-refractivity contribution in [2.24, 2.45) is 5.73 Å². The summed E-state index contributed by atoms with van der Waals surface area (Å²) in [4.78, 5) is 34.0. The summed E-state index contributed by atoms with van der Waals surface area (Å²) in [5.41, 5.74) is 5.56. The topological polar surface area (TPSA) is 131 Å². The van der Waals surface area contributed by atoms with Gasteiger partial charge in [0, 0.05) is 12.2 Å². The van der Waals surface area contributed by atoms with Crippen LogP contribution in [0.1, 0.15) is 12.8 Å². The lowest BCUT2D eigenvalue weighted by atomic mass is 10.4. The number of nitrogens with one attached hydrogen (secondary N) is 3. The van der Waals surface area contributed by atoms with Gasteiger partial charge in [-0.3, -0.25) is 19.1 Å². The fraction of sp³-hybridized carbons (Fsp3) is 0.500.